The van der Waals surface area contributed by atoms with Gasteiger partial charge >= 0.3 is 0 Å². The Balaban J connectivity index is 1.99. The summed E-state index contributed by atoms with van der Waals surface area (Å²) in [5.74, 6) is 0.307. The van der Waals surface area contributed by atoms with Crippen LogP contribution in [0.2, 0.25) is 0 Å². The minimum Gasteiger partial charge on any atom is -0.484 e. The van der Waals surface area contributed by atoms with Gasteiger partial charge in [-0.05, 0) is 30.7 Å². The van der Waals surface area contributed by atoms with E-state index in [1.807, 2.05) is 11.4 Å². The Bertz CT molecular complexity index is 569. The summed E-state index contributed by atoms with van der Waals surface area (Å²) in [6.45, 7) is 4.99. The van der Waals surface area contributed by atoms with Crippen LogP contribution in [-0.2, 0) is 13.0 Å². The minimum absolute atomic E-state index is 0.255. The number of hydrogen-bond acceptors (Lipinski definition) is 4. The van der Waals surface area contributed by atoms with E-state index < -0.39 is 0 Å². The first-order chi connectivity index (χ1) is 9.60. The summed E-state index contributed by atoms with van der Waals surface area (Å²) >= 11 is 1.61. The summed E-state index contributed by atoms with van der Waals surface area (Å²) in [6, 6.07) is 4.96. The van der Waals surface area contributed by atoms with Crippen LogP contribution in [0.3, 0.4) is 0 Å². The Morgan fingerprint density at radius 3 is 2.80 bits per heavy atom. The van der Waals surface area contributed by atoms with Gasteiger partial charge < -0.3 is 10.5 Å². The topological polar surface area (TPSA) is 48.1 Å². The maximum absolute atomic E-state index is 13.8. The number of nitrogens with zero attached hydrogens (tertiary/aromatic N) is 1. The third kappa shape index (κ3) is 3.77. The summed E-state index contributed by atoms with van der Waals surface area (Å²) in [6.07, 6.45) is 0.668. The van der Waals surface area contributed by atoms with Crippen LogP contribution >= 0.6 is 11.3 Å². The molecule has 0 atom stereocenters. The molecular formula is C15H19FN2OS. The third-order valence-corrected chi connectivity index (χ3v) is 4.06. The number of nitrogens with two attached hydrogens (primary N) is 1. The van der Waals surface area contributed by atoms with E-state index in [9.17, 15) is 4.39 Å². The van der Waals surface area contributed by atoms with E-state index >= 15 is 0 Å². The molecule has 20 heavy (non-hydrogen) atoms. The van der Waals surface area contributed by atoms with E-state index in [1.165, 1.54) is 6.07 Å². The van der Waals surface area contributed by atoms with Gasteiger partial charge in [-0.1, -0.05) is 19.9 Å². The smallest absolute Gasteiger partial charge is 0.165 e. The van der Waals surface area contributed by atoms with Crippen LogP contribution in [0.4, 0.5) is 4.39 Å². The lowest BCUT2D eigenvalue weighted by molar-refractivity contribution is 0.286. The lowest BCUT2D eigenvalue weighted by atomic mass is 10.1. The number of halogens is 1. The first-order valence-electron chi connectivity index (χ1n) is 6.65. The van der Waals surface area contributed by atoms with Crippen LogP contribution in [0, 0.1) is 5.82 Å². The highest BCUT2D eigenvalue weighted by atomic mass is 32.1. The Morgan fingerprint density at radius 1 is 1.40 bits per heavy atom. The van der Waals surface area contributed by atoms with Crippen molar-refractivity contribution >= 4 is 11.3 Å². The highest BCUT2D eigenvalue weighted by molar-refractivity contribution is 7.09. The summed E-state index contributed by atoms with van der Waals surface area (Å²) in [5, 5.41) is 3.03. The van der Waals surface area contributed by atoms with Crippen molar-refractivity contribution in [3.63, 3.8) is 0 Å². The fourth-order valence-corrected chi connectivity index (χ4v) is 2.61. The Labute approximate surface area is 122 Å². The minimum atomic E-state index is -0.352. The van der Waals surface area contributed by atoms with Crippen LogP contribution in [0.1, 0.15) is 36.0 Å². The number of hydrogen-bond donors (Lipinski definition) is 1. The molecule has 0 unspecified atom stereocenters. The molecule has 0 aliphatic heterocycles. The molecule has 1 aromatic heterocycles. The molecule has 108 valence electrons. The number of ether oxygens (including phenoxy) is 1. The molecular weight excluding hydrogens is 275 g/mol. The average molecular weight is 294 g/mol. The highest BCUT2D eigenvalue weighted by Crippen LogP contribution is 2.22. The van der Waals surface area contributed by atoms with Gasteiger partial charge in [0.2, 0.25) is 0 Å². The lowest BCUT2D eigenvalue weighted by Crippen LogP contribution is -2.04. The molecule has 2 rings (SSSR count). The van der Waals surface area contributed by atoms with Crippen molar-refractivity contribution in [2.24, 2.45) is 5.73 Å². The second-order valence-electron chi connectivity index (χ2n) is 4.92. The molecule has 0 radical (unpaired) electrons. The van der Waals surface area contributed by atoms with E-state index in [4.69, 9.17) is 10.5 Å². The number of aromatic nitrogens is 1. The van der Waals surface area contributed by atoms with Gasteiger partial charge in [0, 0.05) is 11.3 Å². The van der Waals surface area contributed by atoms with Gasteiger partial charge in [-0.2, -0.15) is 0 Å². The van der Waals surface area contributed by atoms with E-state index in [0.29, 0.717) is 18.9 Å². The molecule has 0 amide bonds. The van der Waals surface area contributed by atoms with Gasteiger partial charge in [0.1, 0.15) is 6.61 Å². The molecule has 0 aliphatic carbocycles. The van der Waals surface area contributed by atoms with Crippen molar-refractivity contribution in [1.29, 1.82) is 0 Å². The van der Waals surface area contributed by atoms with Crippen molar-refractivity contribution in [2.45, 2.75) is 32.8 Å². The quantitative estimate of drug-likeness (QED) is 0.887. The monoisotopic (exact) mass is 294 g/mol. The zero-order valence-electron chi connectivity index (χ0n) is 11.7. The molecule has 1 heterocycles. The molecule has 2 aromatic rings. The Kier molecular flexibility index (Phi) is 5.09. The molecule has 3 nitrogen and oxygen atoms in total. The molecule has 0 spiro atoms. The number of benzene rings is 1. The lowest BCUT2D eigenvalue weighted by Gasteiger charge is -2.07. The predicted octanol–water partition coefficient (Wildman–Crippen LogP) is 3.49. The van der Waals surface area contributed by atoms with E-state index in [1.54, 1.807) is 17.4 Å². The van der Waals surface area contributed by atoms with Gasteiger partial charge in [0.05, 0.1) is 10.7 Å². The predicted molar refractivity (Wildman–Crippen MR) is 79.7 cm³/mol. The normalized spacial score (nSPS) is 11.1. The summed E-state index contributed by atoms with van der Waals surface area (Å²) < 4.78 is 19.3. The molecule has 2 N–H and O–H groups in total. The largest absolute Gasteiger partial charge is 0.484 e. The second-order valence-corrected chi connectivity index (χ2v) is 5.81. The zero-order chi connectivity index (χ0) is 14.5. The fraction of sp³-hybridized carbons (Fsp3) is 0.400. The highest BCUT2D eigenvalue weighted by Gasteiger charge is 2.08. The van der Waals surface area contributed by atoms with Crippen LogP contribution in [0.5, 0.6) is 5.75 Å². The van der Waals surface area contributed by atoms with Crippen molar-refractivity contribution in [3.05, 3.63) is 45.7 Å². The molecule has 0 saturated heterocycles. The molecule has 5 heteroatoms. The maximum atomic E-state index is 13.8. The third-order valence-electron chi connectivity index (χ3n) is 2.87. The molecule has 1 aromatic carbocycles. The maximum Gasteiger partial charge on any atom is 0.165 e. The van der Waals surface area contributed by atoms with E-state index in [-0.39, 0.29) is 18.2 Å². The number of rotatable bonds is 6. The van der Waals surface area contributed by atoms with Crippen molar-refractivity contribution < 1.29 is 9.13 Å². The standard InChI is InChI=1S/C15H19FN2OS/c1-10(2)15-18-12(9-20-15)8-19-14-4-3-11(5-6-17)7-13(14)16/h3-4,7,9-10H,5-6,8,17H2,1-2H3. The first kappa shape index (κ1) is 14.9. The van der Waals surface area contributed by atoms with Crippen molar-refractivity contribution in [3.8, 4) is 5.75 Å². The van der Waals surface area contributed by atoms with Gasteiger partial charge in [-0.3, -0.25) is 0 Å². The van der Waals surface area contributed by atoms with E-state index in [0.717, 1.165) is 16.3 Å². The van der Waals surface area contributed by atoms with Crippen molar-refractivity contribution in [2.75, 3.05) is 6.54 Å². The molecule has 0 saturated carbocycles. The van der Waals surface area contributed by atoms with Crippen LogP contribution in [0.25, 0.3) is 0 Å². The SMILES string of the molecule is CC(C)c1nc(COc2ccc(CCN)cc2F)cs1. The fourth-order valence-electron chi connectivity index (χ4n) is 1.79. The summed E-state index contributed by atoms with van der Waals surface area (Å²) in [4.78, 5) is 4.46. The van der Waals surface area contributed by atoms with Gasteiger partial charge in [-0.15, -0.1) is 11.3 Å². The summed E-state index contributed by atoms with van der Waals surface area (Å²) in [7, 11) is 0. The van der Waals surface area contributed by atoms with Gasteiger partial charge in [0.15, 0.2) is 11.6 Å². The number of thiazole rings is 1. The second kappa shape index (κ2) is 6.81. The Morgan fingerprint density at radius 2 is 2.20 bits per heavy atom. The zero-order valence-corrected chi connectivity index (χ0v) is 12.5. The van der Waals surface area contributed by atoms with Crippen LogP contribution in [0.15, 0.2) is 23.6 Å². The van der Waals surface area contributed by atoms with Crippen LogP contribution in [-0.4, -0.2) is 11.5 Å². The van der Waals surface area contributed by atoms with Gasteiger partial charge in [-0.25, -0.2) is 9.37 Å². The van der Waals surface area contributed by atoms with Gasteiger partial charge in [0.25, 0.3) is 0 Å². The van der Waals surface area contributed by atoms with Crippen molar-refractivity contribution in [1.82, 2.24) is 4.98 Å². The first-order valence-corrected chi connectivity index (χ1v) is 7.53. The van der Waals surface area contributed by atoms with E-state index in [2.05, 4.69) is 18.8 Å². The Hall–Kier alpha value is -1.46. The molecule has 0 fully saturated rings. The molecule has 0 bridgehead atoms. The average Bonchev–Trinajstić information content (AvgIpc) is 2.87. The molecule has 0 aliphatic rings. The van der Waals surface area contributed by atoms with Crippen LogP contribution < -0.4 is 10.5 Å². The summed E-state index contributed by atoms with van der Waals surface area (Å²) in [5.41, 5.74) is 7.17.